The van der Waals surface area contributed by atoms with Crippen molar-refractivity contribution in [2.75, 3.05) is 13.7 Å². The molecule has 1 saturated heterocycles. The zero-order chi connectivity index (χ0) is 13.0. The maximum atomic E-state index is 6.10. The zero-order valence-corrected chi connectivity index (χ0v) is 11.7. The highest BCUT2D eigenvalue weighted by Crippen LogP contribution is 2.25. The second-order valence-electron chi connectivity index (χ2n) is 4.75. The van der Waals surface area contributed by atoms with Gasteiger partial charge in [-0.25, -0.2) is 0 Å². The second-order valence-corrected chi connectivity index (χ2v) is 5.16. The van der Waals surface area contributed by atoms with E-state index in [-0.39, 0.29) is 0 Å². The molecule has 0 aliphatic carbocycles. The summed E-state index contributed by atoms with van der Waals surface area (Å²) in [7, 11) is 1.63. The molecule has 2 rings (SSSR count). The van der Waals surface area contributed by atoms with Crippen molar-refractivity contribution >= 4 is 11.6 Å². The number of hydrogen-bond acceptors (Lipinski definition) is 3. The summed E-state index contributed by atoms with van der Waals surface area (Å²) in [5.74, 6) is 0.722. The van der Waals surface area contributed by atoms with Gasteiger partial charge in [-0.05, 0) is 37.5 Å². The average molecular weight is 270 g/mol. The number of methoxy groups -OCH3 is 1. The number of rotatable bonds is 4. The fourth-order valence-electron chi connectivity index (χ4n) is 2.27. The summed E-state index contributed by atoms with van der Waals surface area (Å²) in [6, 6.07) is 6.44. The molecule has 0 saturated carbocycles. The van der Waals surface area contributed by atoms with Gasteiger partial charge < -0.3 is 14.8 Å². The first-order chi connectivity index (χ1) is 8.69. The van der Waals surface area contributed by atoms with Crippen LogP contribution in [0, 0.1) is 0 Å². The van der Waals surface area contributed by atoms with Crippen molar-refractivity contribution < 1.29 is 9.47 Å². The van der Waals surface area contributed by atoms with Gasteiger partial charge in [-0.15, -0.1) is 0 Å². The number of nitrogens with one attached hydrogen (secondary N) is 1. The van der Waals surface area contributed by atoms with Crippen LogP contribution >= 0.6 is 11.6 Å². The summed E-state index contributed by atoms with van der Waals surface area (Å²) in [6.45, 7) is 3.81. The first-order valence-electron chi connectivity index (χ1n) is 6.36. The van der Waals surface area contributed by atoms with Crippen LogP contribution in [0.4, 0.5) is 0 Å². The molecule has 0 bridgehead atoms. The van der Waals surface area contributed by atoms with Crippen molar-refractivity contribution in [1.29, 1.82) is 0 Å². The predicted molar refractivity (Wildman–Crippen MR) is 73.3 cm³/mol. The highest BCUT2D eigenvalue weighted by molar-refractivity contribution is 6.32. The van der Waals surface area contributed by atoms with Crippen molar-refractivity contribution in [2.45, 2.75) is 38.5 Å². The summed E-state index contributed by atoms with van der Waals surface area (Å²) in [4.78, 5) is 0. The van der Waals surface area contributed by atoms with Gasteiger partial charge in [0.1, 0.15) is 5.75 Å². The van der Waals surface area contributed by atoms with Crippen LogP contribution in [-0.4, -0.2) is 25.9 Å². The molecule has 4 heteroatoms. The lowest BCUT2D eigenvalue weighted by Crippen LogP contribution is -2.37. The van der Waals surface area contributed by atoms with Crippen molar-refractivity contribution in [3.05, 3.63) is 28.8 Å². The van der Waals surface area contributed by atoms with Crippen LogP contribution < -0.4 is 10.1 Å². The van der Waals surface area contributed by atoms with E-state index in [0.717, 1.165) is 31.7 Å². The molecule has 2 atom stereocenters. The number of hydrogen-bond donors (Lipinski definition) is 1. The zero-order valence-electron chi connectivity index (χ0n) is 10.9. The van der Waals surface area contributed by atoms with E-state index in [9.17, 15) is 0 Å². The van der Waals surface area contributed by atoms with Gasteiger partial charge in [0.25, 0.3) is 0 Å². The molecule has 1 aliphatic heterocycles. The van der Waals surface area contributed by atoms with Gasteiger partial charge in [-0.3, -0.25) is 0 Å². The lowest BCUT2D eigenvalue weighted by molar-refractivity contribution is 0.0130. The number of benzene rings is 1. The molecule has 3 nitrogen and oxygen atoms in total. The number of halogens is 1. The summed E-state index contributed by atoms with van der Waals surface area (Å²) < 4.78 is 10.7. The molecule has 18 heavy (non-hydrogen) atoms. The Morgan fingerprint density at radius 3 is 3.00 bits per heavy atom. The van der Waals surface area contributed by atoms with E-state index < -0.39 is 0 Å². The van der Waals surface area contributed by atoms with E-state index in [1.807, 2.05) is 18.2 Å². The Balaban J connectivity index is 1.88. The van der Waals surface area contributed by atoms with E-state index in [1.165, 1.54) is 5.56 Å². The van der Waals surface area contributed by atoms with Gasteiger partial charge in [0, 0.05) is 19.2 Å². The molecule has 1 N–H and O–H groups in total. The Morgan fingerprint density at radius 1 is 1.50 bits per heavy atom. The Kier molecular flexibility index (Phi) is 4.87. The van der Waals surface area contributed by atoms with Crippen LogP contribution in [-0.2, 0) is 11.3 Å². The molecule has 1 aliphatic rings. The monoisotopic (exact) mass is 269 g/mol. The maximum absolute atomic E-state index is 6.10. The van der Waals surface area contributed by atoms with E-state index in [2.05, 4.69) is 12.2 Å². The average Bonchev–Trinajstić information content (AvgIpc) is 2.37. The standard InChI is InChI=1S/C14H20ClNO2/c1-10-7-12(5-6-18-10)16-9-11-3-4-14(17-2)13(15)8-11/h3-4,8,10,12,16H,5-7,9H2,1-2H3. The van der Waals surface area contributed by atoms with Crippen molar-refractivity contribution in [3.8, 4) is 5.75 Å². The smallest absolute Gasteiger partial charge is 0.137 e. The van der Waals surface area contributed by atoms with Gasteiger partial charge >= 0.3 is 0 Å². The molecule has 2 unspecified atom stereocenters. The van der Waals surface area contributed by atoms with Gasteiger partial charge in [-0.1, -0.05) is 17.7 Å². The summed E-state index contributed by atoms with van der Waals surface area (Å²) >= 11 is 6.10. The first kappa shape index (κ1) is 13.7. The summed E-state index contributed by atoms with van der Waals surface area (Å²) in [5.41, 5.74) is 1.18. The minimum Gasteiger partial charge on any atom is -0.495 e. The first-order valence-corrected chi connectivity index (χ1v) is 6.74. The molecular weight excluding hydrogens is 250 g/mol. The lowest BCUT2D eigenvalue weighted by Gasteiger charge is -2.28. The molecule has 100 valence electrons. The highest BCUT2D eigenvalue weighted by atomic mass is 35.5. The molecule has 1 aromatic carbocycles. The highest BCUT2D eigenvalue weighted by Gasteiger charge is 2.18. The molecule has 1 fully saturated rings. The molecule has 1 aromatic rings. The third kappa shape index (κ3) is 3.61. The SMILES string of the molecule is COc1ccc(CNC2CCOC(C)C2)cc1Cl. The largest absolute Gasteiger partial charge is 0.495 e. The van der Waals surface area contributed by atoms with Crippen LogP contribution in [0.25, 0.3) is 0 Å². The summed E-state index contributed by atoms with van der Waals surface area (Å²) in [5, 5.41) is 4.22. The van der Waals surface area contributed by atoms with Crippen LogP contribution in [0.1, 0.15) is 25.3 Å². The second kappa shape index (κ2) is 6.41. The van der Waals surface area contributed by atoms with Gasteiger partial charge in [0.05, 0.1) is 18.2 Å². The minimum absolute atomic E-state index is 0.357. The fourth-order valence-corrected chi connectivity index (χ4v) is 2.55. The normalized spacial score (nSPS) is 23.9. The Bertz CT molecular complexity index is 397. The van der Waals surface area contributed by atoms with E-state index in [1.54, 1.807) is 7.11 Å². The van der Waals surface area contributed by atoms with E-state index >= 15 is 0 Å². The van der Waals surface area contributed by atoms with Crippen molar-refractivity contribution in [3.63, 3.8) is 0 Å². The van der Waals surface area contributed by atoms with Crippen LogP contribution in [0.5, 0.6) is 5.75 Å². The van der Waals surface area contributed by atoms with Crippen LogP contribution in [0.2, 0.25) is 5.02 Å². The third-order valence-electron chi connectivity index (χ3n) is 3.30. The van der Waals surface area contributed by atoms with Crippen LogP contribution in [0.15, 0.2) is 18.2 Å². The molecule has 0 aromatic heterocycles. The fraction of sp³-hybridized carbons (Fsp3) is 0.571. The lowest BCUT2D eigenvalue weighted by atomic mass is 10.0. The molecular formula is C14H20ClNO2. The van der Waals surface area contributed by atoms with E-state index in [0.29, 0.717) is 17.2 Å². The van der Waals surface area contributed by atoms with Gasteiger partial charge in [0.15, 0.2) is 0 Å². The Labute approximate surface area is 113 Å². The van der Waals surface area contributed by atoms with Crippen LogP contribution in [0.3, 0.4) is 0 Å². The predicted octanol–water partition coefficient (Wildman–Crippen LogP) is 3.01. The molecule has 0 spiro atoms. The number of ether oxygens (including phenoxy) is 2. The van der Waals surface area contributed by atoms with Crippen molar-refractivity contribution in [2.24, 2.45) is 0 Å². The Morgan fingerprint density at radius 2 is 2.33 bits per heavy atom. The Hall–Kier alpha value is -0.770. The molecule has 0 amide bonds. The molecule has 0 radical (unpaired) electrons. The van der Waals surface area contributed by atoms with Gasteiger partial charge in [-0.2, -0.15) is 0 Å². The quantitative estimate of drug-likeness (QED) is 0.912. The molecule has 1 heterocycles. The van der Waals surface area contributed by atoms with Crippen molar-refractivity contribution in [1.82, 2.24) is 5.32 Å². The van der Waals surface area contributed by atoms with Gasteiger partial charge in [0.2, 0.25) is 0 Å². The maximum Gasteiger partial charge on any atom is 0.137 e. The van der Waals surface area contributed by atoms with E-state index in [4.69, 9.17) is 21.1 Å². The third-order valence-corrected chi connectivity index (χ3v) is 3.59. The topological polar surface area (TPSA) is 30.5 Å². The summed E-state index contributed by atoms with van der Waals surface area (Å²) in [6.07, 6.45) is 2.51. The minimum atomic E-state index is 0.357.